The summed E-state index contributed by atoms with van der Waals surface area (Å²) in [6.45, 7) is 3.05. The van der Waals surface area contributed by atoms with Crippen molar-refractivity contribution < 1.29 is 28.0 Å². The van der Waals surface area contributed by atoms with Crippen LogP contribution in [0.3, 0.4) is 0 Å². The molecule has 6 nitrogen and oxygen atoms in total. The van der Waals surface area contributed by atoms with Gasteiger partial charge in [0.2, 0.25) is 0 Å². The highest BCUT2D eigenvalue weighted by atomic mass is 31.2. The highest BCUT2D eigenvalue weighted by Gasteiger charge is 2.09. The van der Waals surface area contributed by atoms with Gasteiger partial charge in [-0.2, -0.15) is 0 Å². The molecule has 0 aromatic carbocycles. The van der Waals surface area contributed by atoms with E-state index >= 15 is 0 Å². The first-order valence-electron chi connectivity index (χ1n) is 6.60. The Morgan fingerprint density at radius 2 is 0.947 bits per heavy atom. The van der Waals surface area contributed by atoms with E-state index in [1.54, 1.807) is 0 Å². The summed E-state index contributed by atoms with van der Waals surface area (Å²) >= 11 is 0. The van der Waals surface area contributed by atoms with Crippen LogP contribution in [0.4, 0.5) is 0 Å². The third kappa shape index (κ3) is 18.3. The van der Waals surface area contributed by atoms with Crippen LogP contribution in [0, 0.1) is 0 Å². The Hall–Kier alpha value is 0.300. The molecule has 0 aromatic heterocycles. The van der Waals surface area contributed by atoms with Gasteiger partial charge in [-0.05, 0) is 12.8 Å². The fourth-order valence-electron chi connectivity index (χ4n) is 1.56. The van der Waals surface area contributed by atoms with E-state index in [2.05, 4.69) is 0 Å². The van der Waals surface area contributed by atoms with E-state index in [9.17, 15) is 9.13 Å². The van der Waals surface area contributed by atoms with E-state index in [0.717, 1.165) is 44.9 Å². The molecule has 0 aliphatic carbocycles. The lowest BCUT2D eigenvalue weighted by Crippen LogP contribution is -1.93. The molecular weight excluding hydrogens is 290 g/mol. The highest BCUT2D eigenvalue weighted by Crippen LogP contribution is 2.37. The maximum absolute atomic E-state index is 10.8. The number of unbranched alkanes of at least 4 members (excludes halogenated alkanes) is 6. The van der Waals surface area contributed by atoms with Gasteiger partial charge in [-0.25, -0.2) is 0 Å². The number of rotatable bonds is 12. The molecule has 0 aliphatic rings. The SMILES string of the molecule is CP(=O)(O)OCCCCCCCCCOP(C)(=O)O. The van der Waals surface area contributed by atoms with Crippen molar-refractivity contribution in [2.24, 2.45) is 0 Å². The second-order valence-corrected chi connectivity index (χ2v) is 8.48. The molecule has 0 heterocycles. The molecule has 0 saturated carbocycles. The molecule has 2 atom stereocenters. The summed E-state index contributed by atoms with van der Waals surface area (Å²) in [4.78, 5) is 17.8. The predicted molar refractivity (Wildman–Crippen MR) is 75.7 cm³/mol. The van der Waals surface area contributed by atoms with E-state index in [0.29, 0.717) is 13.2 Å². The molecule has 2 N–H and O–H groups in total. The molecule has 0 radical (unpaired) electrons. The smallest absolute Gasteiger partial charge is 0.324 e. The average molecular weight is 316 g/mol. The van der Waals surface area contributed by atoms with Gasteiger partial charge in [0, 0.05) is 13.3 Å². The summed E-state index contributed by atoms with van der Waals surface area (Å²) in [5, 5.41) is 0. The van der Waals surface area contributed by atoms with Crippen molar-refractivity contribution >= 4 is 15.2 Å². The molecule has 0 amide bonds. The van der Waals surface area contributed by atoms with Crippen LogP contribution in [0.5, 0.6) is 0 Å². The van der Waals surface area contributed by atoms with E-state index in [1.807, 2.05) is 0 Å². The van der Waals surface area contributed by atoms with E-state index in [4.69, 9.17) is 18.8 Å². The van der Waals surface area contributed by atoms with Crippen LogP contribution in [-0.4, -0.2) is 36.3 Å². The summed E-state index contributed by atoms with van der Waals surface area (Å²) in [6, 6.07) is 0. The lowest BCUT2D eigenvalue weighted by Gasteiger charge is -2.07. The van der Waals surface area contributed by atoms with Crippen molar-refractivity contribution in [2.45, 2.75) is 44.9 Å². The second-order valence-electron chi connectivity index (χ2n) is 4.75. The minimum absolute atomic E-state index is 0.334. The van der Waals surface area contributed by atoms with E-state index in [-0.39, 0.29) is 0 Å². The molecule has 0 spiro atoms. The van der Waals surface area contributed by atoms with Crippen LogP contribution in [0.15, 0.2) is 0 Å². The van der Waals surface area contributed by atoms with Crippen LogP contribution < -0.4 is 0 Å². The zero-order chi connectivity index (χ0) is 14.8. The first-order chi connectivity index (χ1) is 8.71. The molecule has 0 aromatic rings. The largest absolute Gasteiger partial charge is 0.325 e. The normalized spacial score (nSPS) is 17.9. The molecule has 0 fully saturated rings. The fraction of sp³-hybridized carbons (Fsp3) is 1.00. The van der Waals surface area contributed by atoms with Crippen LogP contribution >= 0.6 is 15.2 Å². The van der Waals surface area contributed by atoms with Crippen molar-refractivity contribution in [3.8, 4) is 0 Å². The van der Waals surface area contributed by atoms with Gasteiger partial charge in [-0.3, -0.25) is 9.13 Å². The minimum Gasteiger partial charge on any atom is -0.324 e. The summed E-state index contributed by atoms with van der Waals surface area (Å²) < 4.78 is 31.1. The third-order valence-electron chi connectivity index (χ3n) is 2.45. The zero-order valence-electron chi connectivity index (χ0n) is 11.8. The van der Waals surface area contributed by atoms with Gasteiger partial charge in [-0.15, -0.1) is 0 Å². The Labute approximate surface area is 115 Å². The summed E-state index contributed by atoms with van der Waals surface area (Å²) in [5.41, 5.74) is 0. The maximum atomic E-state index is 10.8. The molecule has 0 bridgehead atoms. The van der Waals surface area contributed by atoms with Gasteiger partial charge in [0.15, 0.2) is 0 Å². The molecular formula is C11H26O6P2. The van der Waals surface area contributed by atoms with Gasteiger partial charge in [0.25, 0.3) is 0 Å². The van der Waals surface area contributed by atoms with Crippen LogP contribution in [0.25, 0.3) is 0 Å². The number of hydrogen-bond acceptors (Lipinski definition) is 4. The van der Waals surface area contributed by atoms with E-state index < -0.39 is 15.2 Å². The molecule has 116 valence electrons. The van der Waals surface area contributed by atoms with Crippen LogP contribution in [0.1, 0.15) is 44.9 Å². The first-order valence-corrected chi connectivity index (χ1v) is 10.7. The third-order valence-corrected chi connectivity index (χ3v) is 3.77. The zero-order valence-corrected chi connectivity index (χ0v) is 13.6. The van der Waals surface area contributed by atoms with Crippen molar-refractivity contribution in [1.29, 1.82) is 0 Å². The summed E-state index contributed by atoms with van der Waals surface area (Å²) in [5.74, 6) is 0. The Morgan fingerprint density at radius 1 is 0.684 bits per heavy atom. The lowest BCUT2D eigenvalue weighted by molar-refractivity contribution is 0.256. The Balaban J connectivity index is 3.16. The van der Waals surface area contributed by atoms with Crippen molar-refractivity contribution in [3.05, 3.63) is 0 Å². The van der Waals surface area contributed by atoms with Gasteiger partial charge in [0.1, 0.15) is 0 Å². The van der Waals surface area contributed by atoms with Gasteiger partial charge < -0.3 is 18.8 Å². The fourth-order valence-corrected chi connectivity index (χ4v) is 2.49. The Kier molecular flexibility index (Phi) is 10.2. The summed E-state index contributed by atoms with van der Waals surface area (Å²) in [7, 11) is -6.62. The molecule has 0 aliphatic heterocycles. The quantitative estimate of drug-likeness (QED) is 0.423. The highest BCUT2D eigenvalue weighted by molar-refractivity contribution is 7.52. The van der Waals surface area contributed by atoms with Crippen LogP contribution in [0.2, 0.25) is 0 Å². The maximum Gasteiger partial charge on any atom is 0.325 e. The van der Waals surface area contributed by atoms with Crippen molar-refractivity contribution in [3.63, 3.8) is 0 Å². The molecule has 8 heteroatoms. The molecule has 19 heavy (non-hydrogen) atoms. The van der Waals surface area contributed by atoms with Crippen molar-refractivity contribution in [2.75, 3.05) is 26.5 Å². The van der Waals surface area contributed by atoms with Gasteiger partial charge in [-0.1, -0.05) is 32.1 Å². The molecule has 0 rings (SSSR count). The van der Waals surface area contributed by atoms with Gasteiger partial charge >= 0.3 is 15.2 Å². The average Bonchev–Trinajstić information content (AvgIpc) is 2.22. The van der Waals surface area contributed by atoms with Crippen molar-refractivity contribution in [1.82, 2.24) is 0 Å². The second kappa shape index (κ2) is 10.1. The Bertz CT molecular complexity index is 278. The van der Waals surface area contributed by atoms with Gasteiger partial charge in [0.05, 0.1) is 13.2 Å². The predicted octanol–water partition coefficient (Wildman–Crippen LogP) is 3.38. The lowest BCUT2D eigenvalue weighted by atomic mass is 10.1. The molecule has 2 unspecified atom stereocenters. The monoisotopic (exact) mass is 316 g/mol. The number of hydrogen-bond donors (Lipinski definition) is 2. The Morgan fingerprint density at radius 3 is 1.21 bits per heavy atom. The van der Waals surface area contributed by atoms with E-state index in [1.165, 1.54) is 13.3 Å². The minimum atomic E-state index is -3.31. The topological polar surface area (TPSA) is 93.1 Å². The molecule has 0 saturated heterocycles. The standard InChI is InChI=1S/C11H26O6P2/c1-18(12,13)16-10-8-6-4-3-5-7-9-11-17-19(2,14)15/h3-11H2,1-2H3,(H,12,13)(H,14,15). The first kappa shape index (κ1) is 19.3. The summed E-state index contributed by atoms with van der Waals surface area (Å²) in [6.07, 6.45) is 6.78. The van der Waals surface area contributed by atoms with Crippen LogP contribution in [-0.2, 0) is 18.2 Å².